The number of nitrogens with one attached hydrogen (secondary N) is 1. The van der Waals surface area contributed by atoms with Gasteiger partial charge in [0.2, 0.25) is 5.91 Å². The lowest BCUT2D eigenvalue weighted by Crippen LogP contribution is -2.22. The van der Waals surface area contributed by atoms with Crippen molar-refractivity contribution >= 4 is 5.91 Å². The molecule has 1 rings (SSSR count). The summed E-state index contributed by atoms with van der Waals surface area (Å²) in [6.07, 6.45) is 0.953. The third-order valence-electron chi connectivity index (χ3n) is 1.72. The molecule has 0 saturated heterocycles. The van der Waals surface area contributed by atoms with Crippen LogP contribution in [0, 0.1) is 0 Å². The zero-order chi connectivity index (χ0) is 10.4. The van der Waals surface area contributed by atoms with Gasteiger partial charge in [0.25, 0.3) is 5.88 Å². The van der Waals surface area contributed by atoms with E-state index < -0.39 is 0 Å². The molecular formula is C9H14N2O3. The number of aromatic nitrogens is 1. The molecule has 0 saturated carbocycles. The fourth-order valence-electron chi connectivity index (χ4n) is 1.03. The molecule has 0 spiro atoms. The third kappa shape index (κ3) is 3.08. The number of carbonyl (C=O) groups excluding carboxylic acids is 1. The summed E-state index contributed by atoms with van der Waals surface area (Å²) in [5.41, 5.74) is 0. The molecule has 0 aliphatic heterocycles. The largest absolute Gasteiger partial charge is 0.479 e. The molecule has 1 aromatic rings. The molecule has 1 heterocycles. The van der Waals surface area contributed by atoms with Crippen LogP contribution in [0.5, 0.6) is 5.88 Å². The van der Waals surface area contributed by atoms with Crippen LogP contribution in [0.15, 0.2) is 10.6 Å². The topological polar surface area (TPSA) is 64.4 Å². The van der Waals surface area contributed by atoms with E-state index in [1.807, 2.05) is 6.92 Å². The Morgan fingerprint density at radius 2 is 2.50 bits per heavy atom. The number of carbonyl (C=O) groups is 1. The first kappa shape index (κ1) is 10.6. The van der Waals surface area contributed by atoms with Crippen molar-refractivity contribution in [3.05, 3.63) is 11.8 Å². The van der Waals surface area contributed by atoms with Gasteiger partial charge in [0.05, 0.1) is 7.11 Å². The normalized spacial score (nSPS) is 9.86. The summed E-state index contributed by atoms with van der Waals surface area (Å²) in [5.74, 6) is 1.12. The summed E-state index contributed by atoms with van der Waals surface area (Å²) in [6.45, 7) is 2.54. The number of ether oxygens (including phenoxy) is 1. The highest BCUT2D eigenvalue weighted by molar-refractivity contribution is 5.75. The van der Waals surface area contributed by atoms with Crippen LogP contribution in [-0.2, 0) is 11.2 Å². The van der Waals surface area contributed by atoms with Gasteiger partial charge in [-0.1, -0.05) is 0 Å². The maximum atomic E-state index is 11.1. The Bertz CT molecular complexity index is 296. The number of aryl methyl sites for hydroxylation is 1. The molecule has 0 radical (unpaired) electrons. The van der Waals surface area contributed by atoms with Gasteiger partial charge in [-0.2, -0.15) is 0 Å². The lowest BCUT2D eigenvalue weighted by atomic mass is 10.2. The van der Waals surface area contributed by atoms with E-state index in [-0.39, 0.29) is 5.91 Å². The molecule has 1 amide bonds. The van der Waals surface area contributed by atoms with Gasteiger partial charge in [-0.25, -0.2) is 0 Å². The molecule has 0 aliphatic rings. The van der Waals surface area contributed by atoms with Gasteiger partial charge in [0, 0.05) is 25.5 Å². The van der Waals surface area contributed by atoms with Gasteiger partial charge >= 0.3 is 0 Å². The van der Waals surface area contributed by atoms with Crippen LogP contribution in [0.2, 0.25) is 0 Å². The molecule has 5 nitrogen and oxygen atoms in total. The summed E-state index contributed by atoms with van der Waals surface area (Å²) in [6, 6.07) is 1.68. The highest BCUT2D eigenvalue weighted by Crippen LogP contribution is 2.11. The summed E-state index contributed by atoms with van der Waals surface area (Å²) in [7, 11) is 1.52. The number of hydrogen-bond acceptors (Lipinski definition) is 4. The first-order valence-corrected chi connectivity index (χ1v) is 4.52. The number of hydrogen-bond donors (Lipinski definition) is 1. The van der Waals surface area contributed by atoms with E-state index in [9.17, 15) is 4.79 Å². The predicted molar refractivity (Wildman–Crippen MR) is 50.1 cm³/mol. The number of rotatable bonds is 5. The van der Waals surface area contributed by atoms with Crippen LogP contribution in [0.1, 0.15) is 19.1 Å². The van der Waals surface area contributed by atoms with Gasteiger partial charge in [0.1, 0.15) is 5.76 Å². The van der Waals surface area contributed by atoms with Crippen molar-refractivity contribution in [2.75, 3.05) is 13.7 Å². The smallest absolute Gasteiger partial charge is 0.254 e. The van der Waals surface area contributed by atoms with Gasteiger partial charge < -0.3 is 14.6 Å². The zero-order valence-corrected chi connectivity index (χ0v) is 8.37. The second-order valence-corrected chi connectivity index (χ2v) is 2.79. The van der Waals surface area contributed by atoms with Crippen molar-refractivity contribution in [3.8, 4) is 5.88 Å². The van der Waals surface area contributed by atoms with Gasteiger partial charge in [-0.15, -0.1) is 0 Å². The molecule has 5 heteroatoms. The Morgan fingerprint density at radius 1 is 1.71 bits per heavy atom. The second-order valence-electron chi connectivity index (χ2n) is 2.79. The summed E-state index contributed by atoms with van der Waals surface area (Å²) < 4.78 is 9.77. The molecule has 78 valence electrons. The van der Waals surface area contributed by atoms with E-state index in [4.69, 9.17) is 9.26 Å². The molecule has 0 fully saturated rings. The lowest BCUT2D eigenvalue weighted by molar-refractivity contribution is -0.121. The lowest BCUT2D eigenvalue weighted by Gasteiger charge is -1.98. The molecule has 0 bridgehead atoms. The second kappa shape index (κ2) is 5.26. The Labute approximate surface area is 82.4 Å². The third-order valence-corrected chi connectivity index (χ3v) is 1.72. The Balaban J connectivity index is 2.34. The van der Waals surface area contributed by atoms with E-state index >= 15 is 0 Å². The van der Waals surface area contributed by atoms with Gasteiger partial charge in [-0.05, 0) is 12.1 Å². The zero-order valence-electron chi connectivity index (χ0n) is 8.37. The highest BCUT2D eigenvalue weighted by Gasteiger charge is 2.06. The van der Waals surface area contributed by atoms with E-state index in [1.165, 1.54) is 7.11 Å². The van der Waals surface area contributed by atoms with E-state index in [2.05, 4.69) is 10.5 Å². The predicted octanol–water partition coefficient (Wildman–Crippen LogP) is 0.752. The average Bonchev–Trinajstić information content (AvgIpc) is 2.63. The Hall–Kier alpha value is -1.52. The van der Waals surface area contributed by atoms with Gasteiger partial charge in [0.15, 0.2) is 0 Å². The van der Waals surface area contributed by atoms with E-state index in [1.54, 1.807) is 6.07 Å². The maximum Gasteiger partial charge on any atom is 0.254 e. The fourth-order valence-corrected chi connectivity index (χ4v) is 1.03. The number of methoxy groups -OCH3 is 1. The minimum Gasteiger partial charge on any atom is -0.479 e. The number of amides is 1. The van der Waals surface area contributed by atoms with Crippen LogP contribution in [0.25, 0.3) is 0 Å². The summed E-state index contributed by atoms with van der Waals surface area (Å²) >= 11 is 0. The molecule has 0 unspecified atom stereocenters. The molecule has 1 aromatic heterocycles. The van der Waals surface area contributed by atoms with Crippen LogP contribution in [0.4, 0.5) is 0 Å². The molecule has 14 heavy (non-hydrogen) atoms. The summed E-state index contributed by atoms with van der Waals surface area (Å²) in [4.78, 5) is 11.1. The number of nitrogens with zero attached hydrogens (tertiary/aromatic N) is 1. The quantitative estimate of drug-likeness (QED) is 0.758. The monoisotopic (exact) mass is 198 g/mol. The Morgan fingerprint density at radius 3 is 3.07 bits per heavy atom. The van der Waals surface area contributed by atoms with Crippen molar-refractivity contribution < 1.29 is 14.1 Å². The van der Waals surface area contributed by atoms with E-state index in [0.29, 0.717) is 31.0 Å². The molecular weight excluding hydrogens is 184 g/mol. The van der Waals surface area contributed by atoms with Crippen LogP contribution in [0.3, 0.4) is 0 Å². The van der Waals surface area contributed by atoms with Gasteiger partial charge in [-0.3, -0.25) is 4.79 Å². The minimum absolute atomic E-state index is 0.0165. The van der Waals surface area contributed by atoms with Crippen molar-refractivity contribution in [1.82, 2.24) is 10.5 Å². The fraction of sp³-hybridized carbons (Fsp3) is 0.556. The minimum atomic E-state index is 0.0165. The van der Waals surface area contributed by atoms with Crippen LogP contribution in [-0.4, -0.2) is 24.7 Å². The first-order valence-electron chi connectivity index (χ1n) is 4.52. The van der Waals surface area contributed by atoms with Crippen molar-refractivity contribution in [1.29, 1.82) is 0 Å². The van der Waals surface area contributed by atoms with Crippen molar-refractivity contribution in [2.45, 2.75) is 19.8 Å². The maximum absolute atomic E-state index is 11.1. The molecule has 0 atom stereocenters. The first-order chi connectivity index (χ1) is 6.76. The van der Waals surface area contributed by atoms with Crippen LogP contribution < -0.4 is 10.1 Å². The van der Waals surface area contributed by atoms with Crippen LogP contribution >= 0.6 is 0 Å². The van der Waals surface area contributed by atoms with E-state index in [0.717, 1.165) is 0 Å². The highest BCUT2D eigenvalue weighted by atomic mass is 16.5. The molecule has 0 aliphatic carbocycles. The SMILES string of the molecule is CCNC(=O)CCc1cc(OC)no1. The standard InChI is InChI=1S/C9H14N2O3/c1-3-10-8(12)5-4-7-6-9(13-2)11-14-7/h6H,3-5H2,1-2H3,(H,10,12). The molecule has 1 N–H and O–H groups in total. The average molecular weight is 198 g/mol. The van der Waals surface area contributed by atoms with Crippen molar-refractivity contribution in [2.24, 2.45) is 0 Å². The summed E-state index contributed by atoms with van der Waals surface area (Å²) in [5, 5.41) is 6.33. The Kier molecular flexibility index (Phi) is 3.97. The van der Waals surface area contributed by atoms with Crippen molar-refractivity contribution in [3.63, 3.8) is 0 Å². The molecule has 0 aromatic carbocycles.